The quantitative estimate of drug-likeness (QED) is 0.650. The summed E-state index contributed by atoms with van der Waals surface area (Å²) in [4.78, 5) is 0. The first kappa shape index (κ1) is 16.6. The predicted molar refractivity (Wildman–Crippen MR) is 97.7 cm³/mol. The molecule has 26 heavy (non-hydrogen) atoms. The number of hydrogen-bond donors (Lipinski definition) is 1. The minimum atomic E-state index is -0.362. The number of epoxide rings is 1. The second-order valence-corrected chi connectivity index (χ2v) is 6.58. The van der Waals surface area contributed by atoms with Crippen LogP contribution in [0.2, 0.25) is 0 Å². The number of hydrogen-bond acceptors (Lipinski definition) is 3. The number of phenols is 1. The van der Waals surface area contributed by atoms with Crippen LogP contribution in [0.4, 0.5) is 4.39 Å². The van der Waals surface area contributed by atoms with Crippen molar-refractivity contribution in [2.75, 3.05) is 0 Å². The minimum absolute atomic E-state index is 0.140. The first-order valence-corrected chi connectivity index (χ1v) is 8.49. The van der Waals surface area contributed by atoms with E-state index >= 15 is 0 Å². The zero-order chi connectivity index (χ0) is 18.3. The number of benzene rings is 3. The van der Waals surface area contributed by atoms with Gasteiger partial charge < -0.3 is 14.6 Å². The van der Waals surface area contributed by atoms with E-state index in [1.165, 1.54) is 12.1 Å². The highest BCUT2D eigenvalue weighted by atomic mass is 19.1. The molecule has 0 amide bonds. The summed E-state index contributed by atoms with van der Waals surface area (Å²) < 4.78 is 24.3. The van der Waals surface area contributed by atoms with Gasteiger partial charge in [-0.05, 0) is 84.1 Å². The SMILES string of the molecule is Cc1cc(-c2cccc(C3OC3Oc3ccc(F)cc3)c2)cc(C)c1O. The summed E-state index contributed by atoms with van der Waals surface area (Å²) in [5.74, 6) is 0.626. The van der Waals surface area contributed by atoms with Crippen molar-refractivity contribution in [2.24, 2.45) is 0 Å². The summed E-state index contributed by atoms with van der Waals surface area (Å²) in [6.07, 6.45) is -0.502. The monoisotopic (exact) mass is 350 g/mol. The van der Waals surface area contributed by atoms with Gasteiger partial charge in [0.1, 0.15) is 23.4 Å². The highest BCUT2D eigenvalue weighted by molar-refractivity contribution is 5.68. The Morgan fingerprint density at radius 3 is 2.31 bits per heavy atom. The first-order valence-electron chi connectivity index (χ1n) is 8.49. The van der Waals surface area contributed by atoms with Crippen LogP contribution in [0.1, 0.15) is 22.8 Å². The van der Waals surface area contributed by atoms with E-state index in [0.29, 0.717) is 11.5 Å². The Hall–Kier alpha value is -2.85. The third-order valence-corrected chi connectivity index (χ3v) is 4.56. The Kier molecular flexibility index (Phi) is 4.13. The van der Waals surface area contributed by atoms with Gasteiger partial charge in [0.15, 0.2) is 0 Å². The van der Waals surface area contributed by atoms with Crippen LogP contribution in [0.25, 0.3) is 11.1 Å². The third-order valence-electron chi connectivity index (χ3n) is 4.56. The van der Waals surface area contributed by atoms with Crippen LogP contribution in [-0.2, 0) is 4.74 Å². The summed E-state index contributed by atoms with van der Waals surface area (Å²) >= 11 is 0. The highest BCUT2D eigenvalue weighted by Gasteiger charge is 2.42. The molecule has 0 saturated carbocycles. The molecule has 3 aromatic rings. The van der Waals surface area contributed by atoms with Crippen molar-refractivity contribution in [3.63, 3.8) is 0 Å². The second kappa shape index (κ2) is 6.46. The summed E-state index contributed by atoms with van der Waals surface area (Å²) in [6.45, 7) is 3.79. The lowest BCUT2D eigenvalue weighted by Crippen LogP contribution is -2.00. The van der Waals surface area contributed by atoms with Crippen LogP contribution in [-0.4, -0.2) is 11.4 Å². The average molecular weight is 350 g/mol. The van der Waals surface area contributed by atoms with Gasteiger partial charge in [0, 0.05) is 0 Å². The Morgan fingerprint density at radius 2 is 1.62 bits per heavy atom. The predicted octanol–water partition coefficient (Wildman–Crippen LogP) is 5.29. The zero-order valence-corrected chi connectivity index (χ0v) is 14.6. The zero-order valence-electron chi connectivity index (χ0n) is 14.6. The molecule has 0 aromatic heterocycles. The number of ether oxygens (including phenoxy) is 2. The minimum Gasteiger partial charge on any atom is -0.507 e. The molecule has 4 heteroatoms. The molecule has 0 aliphatic carbocycles. The van der Waals surface area contributed by atoms with Gasteiger partial charge in [0.25, 0.3) is 0 Å². The molecule has 1 aliphatic heterocycles. The molecule has 2 unspecified atom stereocenters. The van der Waals surface area contributed by atoms with E-state index in [9.17, 15) is 9.50 Å². The fraction of sp³-hybridized carbons (Fsp3) is 0.182. The number of aromatic hydroxyl groups is 1. The molecule has 1 saturated heterocycles. The molecule has 1 N–H and O–H groups in total. The van der Waals surface area contributed by atoms with E-state index in [0.717, 1.165) is 27.8 Å². The summed E-state index contributed by atoms with van der Waals surface area (Å²) in [5.41, 5.74) is 4.84. The van der Waals surface area contributed by atoms with E-state index in [2.05, 4.69) is 6.07 Å². The maximum absolute atomic E-state index is 13.0. The highest BCUT2D eigenvalue weighted by Crippen LogP contribution is 2.41. The molecule has 2 atom stereocenters. The summed E-state index contributed by atoms with van der Waals surface area (Å²) in [6, 6.07) is 18.0. The maximum Gasteiger partial charge on any atom is 0.231 e. The molecule has 4 rings (SSSR count). The van der Waals surface area contributed by atoms with E-state index in [-0.39, 0.29) is 18.2 Å². The van der Waals surface area contributed by atoms with E-state index in [1.807, 2.05) is 44.2 Å². The van der Waals surface area contributed by atoms with E-state index in [4.69, 9.17) is 9.47 Å². The summed E-state index contributed by atoms with van der Waals surface area (Å²) in [5, 5.41) is 9.96. The lowest BCUT2D eigenvalue weighted by molar-refractivity contribution is 0.178. The van der Waals surface area contributed by atoms with Gasteiger partial charge in [-0.1, -0.05) is 18.2 Å². The van der Waals surface area contributed by atoms with Gasteiger partial charge >= 0.3 is 0 Å². The summed E-state index contributed by atoms with van der Waals surface area (Å²) in [7, 11) is 0. The lowest BCUT2D eigenvalue weighted by atomic mass is 9.97. The van der Waals surface area contributed by atoms with E-state index < -0.39 is 0 Å². The normalized spacial score (nSPS) is 18.6. The van der Waals surface area contributed by atoms with Crippen LogP contribution >= 0.6 is 0 Å². The largest absolute Gasteiger partial charge is 0.507 e. The number of aryl methyl sites for hydroxylation is 2. The standard InChI is InChI=1S/C22H19FO3/c1-13-10-17(11-14(2)20(13)24)15-4-3-5-16(12-15)21-22(26-21)25-19-8-6-18(23)7-9-19/h3-12,21-22,24H,1-2H3. The van der Waals surface area contributed by atoms with Crippen LogP contribution in [0.15, 0.2) is 60.7 Å². The Labute approximate surface area is 151 Å². The molecule has 0 radical (unpaired) electrons. The van der Waals surface area contributed by atoms with Crippen LogP contribution in [0.3, 0.4) is 0 Å². The Balaban J connectivity index is 1.53. The van der Waals surface area contributed by atoms with Crippen molar-refractivity contribution in [3.05, 3.63) is 83.2 Å². The van der Waals surface area contributed by atoms with Crippen LogP contribution in [0.5, 0.6) is 11.5 Å². The average Bonchev–Trinajstić information content (AvgIpc) is 3.40. The number of rotatable bonds is 4. The number of phenolic OH excluding ortho intramolecular Hbond substituents is 1. The molecule has 0 spiro atoms. The van der Waals surface area contributed by atoms with Crippen molar-refractivity contribution >= 4 is 0 Å². The van der Waals surface area contributed by atoms with E-state index in [1.54, 1.807) is 12.1 Å². The third kappa shape index (κ3) is 3.28. The van der Waals surface area contributed by atoms with Gasteiger partial charge in [-0.25, -0.2) is 4.39 Å². The molecule has 3 nitrogen and oxygen atoms in total. The lowest BCUT2D eigenvalue weighted by Gasteiger charge is -2.09. The molecule has 1 aliphatic rings. The van der Waals surface area contributed by atoms with Gasteiger partial charge in [-0.15, -0.1) is 0 Å². The van der Waals surface area contributed by atoms with Crippen molar-refractivity contribution < 1.29 is 19.0 Å². The topological polar surface area (TPSA) is 42.0 Å². The fourth-order valence-corrected chi connectivity index (χ4v) is 3.09. The number of halogens is 1. The molecule has 0 bridgehead atoms. The van der Waals surface area contributed by atoms with Gasteiger partial charge in [-0.3, -0.25) is 0 Å². The molecule has 1 heterocycles. The van der Waals surface area contributed by atoms with Crippen LogP contribution < -0.4 is 4.74 Å². The van der Waals surface area contributed by atoms with Gasteiger partial charge in [-0.2, -0.15) is 0 Å². The maximum atomic E-state index is 13.0. The molecular formula is C22H19FO3. The Bertz CT molecular complexity index is 927. The van der Waals surface area contributed by atoms with Crippen molar-refractivity contribution in [1.29, 1.82) is 0 Å². The molecule has 3 aromatic carbocycles. The molecular weight excluding hydrogens is 331 g/mol. The molecule has 132 valence electrons. The molecule has 1 fully saturated rings. The first-order chi connectivity index (χ1) is 12.5. The van der Waals surface area contributed by atoms with Crippen molar-refractivity contribution in [2.45, 2.75) is 26.2 Å². The van der Waals surface area contributed by atoms with Crippen molar-refractivity contribution in [3.8, 4) is 22.6 Å². The van der Waals surface area contributed by atoms with Crippen LogP contribution in [0, 0.1) is 19.7 Å². The smallest absolute Gasteiger partial charge is 0.231 e. The van der Waals surface area contributed by atoms with Gasteiger partial charge in [0.2, 0.25) is 6.29 Å². The van der Waals surface area contributed by atoms with Gasteiger partial charge in [0.05, 0.1) is 0 Å². The fourth-order valence-electron chi connectivity index (χ4n) is 3.09. The second-order valence-electron chi connectivity index (χ2n) is 6.58. The Morgan fingerprint density at radius 1 is 0.923 bits per heavy atom. The van der Waals surface area contributed by atoms with Crippen molar-refractivity contribution in [1.82, 2.24) is 0 Å².